The molecule has 4 rings (SSSR count). The van der Waals surface area contributed by atoms with E-state index in [4.69, 9.17) is 0 Å². The van der Waals surface area contributed by atoms with Crippen LogP contribution >= 0.6 is 0 Å². The van der Waals surface area contributed by atoms with Gasteiger partial charge in [-0.25, -0.2) is 0 Å². The number of fused-ring (bicyclic) bond motifs is 6. The van der Waals surface area contributed by atoms with Crippen LogP contribution in [-0.2, 0) is 35.2 Å². The summed E-state index contributed by atoms with van der Waals surface area (Å²) in [5.41, 5.74) is 2.44. The average molecular weight is 422 g/mol. The van der Waals surface area contributed by atoms with Crippen molar-refractivity contribution in [3.05, 3.63) is 49.3 Å². The number of hydrogen-bond acceptors (Lipinski definition) is 0. The maximum atomic E-state index is 2.18. The van der Waals surface area contributed by atoms with Crippen molar-refractivity contribution in [2.75, 3.05) is 0 Å². The van der Waals surface area contributed by atoms with E-state index in [-0.39, 0.29) is 21.1 Å². The normalized spacial score (nSPS) is 11.3. The van der Waals surface area contributed by atoms with E-state index in [2.05, 4.69) is 81.9 Å². The minimum Gasteiger partial charge on any atom is -0.454 e. The third-order valence-electron chi connectivity index (χ3n) is 3.44. The van der Waals surface area contributed by atoms with Crippen LogP contribution in [0.5, 0.6) is 0 Å². The molecule has 0 aliphatic carbocycles. The Morgan fingerprint density at radius 3 is 1.63 bits per heavy atom. The van der Waals surface area contributed by atoms with Gasteiger partial charge in [0, 0.05) is 0 Å². The van der Waals surface area contributed by atoms with E-state index in [1.54, 1.807) is 0 Å². The minimum atomic E-state index is 0. The molecule has 0 fully saturated rings. The molecule has 1 aromatic carbocycles. The number of nitrogens with zero attached hydrogens (tertiary/aromatic N) is 4. The van der Waals surface area contributed by atoms with E-state index in [0.717, 1.165) is 0 Å². The van der Waals surface area contributed by atoms with Crippen LogP contribution in [0, 0.1) is 0 Å². The fourth-order valence-corrected chi connectivity index (χ4v) is 2.70. The van der Waals surface area contributed by atoms with E-state index in [1.807, 2.05) is 0 Å². The van der Waals surface area contributed by atoms with Gasteiger partial charge in [0.15, 0.2) is 0 Å². The average Bonchev–Trinajstić information content (AvgIpc) is 2.92. The quantitative estimate of drug-likeness (QED) is 0.389. The molecular weight excluding hydrogens is 408 g/mol. The Hall–Kier alpha value is -1.67. The molecule has 1 aromatic rings. The van der Waals surface area contributed by atoms with Crippen LogP contribution < -0.4 is 0 Å². The van der Waals surface area contributed by atoms with E-state index in [9.17, 15) is 0 Å². The summed E-state index contributed by atoms with van der Waals surface area (Å²) in [6, 6.07) is 8.54. The number of benzene rings is 1. The Morgan fingerprint density at radius 2 is 1.21 bits per heavy atom. The van der Waals surface area contributed by atoms with E-state index >= 15 is 0 Å². The largest absolute Gasteiger partial charge is 2.00 e. The van der Waals surface area contributed by atoms with Gasteiger partial charge in [-0.2, -0.15) is 0 Å². The molecule has 19 heavy (non-hydrogen) atoms. The van der Waals surface area contributed by atoms with Gasteiger partial charge in [-0.3, -0.25) is 0 Å². The minimum absolute atomic E-state index is 0. The molecule has 0 saturated heterocycles. The molecule has 0 amide bonds. The van der Waals surface area contributed by atoms with Crippen LogP contribution in [0.1, 0.15) is 0 Å². The molecule has 0 unspecified atom stereocenters. The van der Waals surface area contributed by atoms with Crippen LogP contribution in [0.3, 0.4) is 0 Å². The summed E-state index contributed by atoms with van der Waals surface area (Å²) in [4.78, 5) is 0. The van der Waals surface area contributed by atoms with Crippen LogP contribution in [0.25, 0.3) is 22.1 Å². The zero-order chi connectivity index (χ0) is 12.3. The van der Waals surface area contributed by atoms with Gasteiger partial charge in [0.05, 0.1) is 0 Å². The van der Waals surface area contributed by atoms with Crippen LogP contribution in [-0.4, -0.2) is 18.5 Å². The second kappa shape index (κ2) is 4.17. The maximum Gasteiger partial charge on any atom is 2.00 e. The molecule has 4 nitrogen and oxygen atoms in total. The molecule has 0 saturated carbocycles. The number of hydrogen-bond donors (Lipinski definition) is 0. The third kappa shape index (κ3) is 1.63. The summed E-state index contributed by atoms with van der Waals surface area (Å²) in [5, 5.41) is 2.56. The van der Waals surface area contributed by atoms with Crippen molar-refractivity contribution in [1.29, 1.82) is 0 Å². The van der Waals surface area contributed by atoms with Crippen molar-refractivity contribution in [2.45, 2.75) is 0 Å². The number of aryl methyl sites for hydroxylation is 2. The first kappa shape index (κ1) is 12.4. The van der Waals surface area contributed by atoms with Gasteiger partial charge in [0.2, 0.25) is 0 Å². The summed E-state index contributed by atoms with van der Waals surface area (Å²) in [5.74, 6) is 0. The van der Waals surface area contributed by atoms with Crippen molar-refractivity contribution >= 4 is 10.8 Å². The second-order valence-electron chi connectivity index (χ2n) is 4.83. The van der Waals surface area contributed by atoms with Crippen molar-refractivity contribution in [3.8, 4) is 11.4 Å². The van der Waals surface area contributed by atoms with E-state index in [0.29, 0.717) is 0 Å². The van der Waals surface area contributed by atoms with Crippen molar-refractivity contribution in [2.24, 2.45) is 14.1 Å². The summed E-state index contributed by atoms with van der Waals surface area (Å²) >= 11 is 0. The van der Waals surface area contributed by atoms with Crippen LogP contribution in [0.2, 0.25) is 0 Å². The Morgan fingerprint density at radius 1 is 0.789 bits per heavy atom. The molecule has 96 valence electrons. The Bertz CT molecular complexity index is 746. The molecule has 0 N–H and O–H groups in total. The molecule has 0 radical (unpaired) electrons. The number of aromatic nitrogens is 4. The summed E-state index contributed by atoms with van der Waals surface area (Å²) in [7, 11) is 4.11. The smallest absolute Gasteiger partial charge is 0.454 e. The Labute approximate surface area is 125 Å². The zero-order valence-corrected chi connectivity index (χ0v) is 13.7. The number of rotatable bonds is 0. The van der Waals surface area contributed by atoms with Crippen molar-refractivity contribution in [1.82, 2.24) is 18.5 Å². The van der Waals surface area contributed by atoms with Gasteiger partial charge in [-0.15, -0.1) is 12.4 Å². The maximum absolute atomic E-state index is 2.18. The van der Waals surface area contributed by atoms with Crippen LogP contribution in [0.15, 0.2) is 49.3 Å². The first-order valence-corrected chi connectivity index (χ1v) is 6.00. The van der Waals surface area contributed by atoms with Gasteiger partial charge in [0.1, 0.15) is 0 Å². The van der Waals surface area contributed by atoms with Gasteiger partial charge >= 0.3 is 21.1 Å². The van der Waals surface area contributed by atoms with Crippen LogP contribution in [0.4, 0.5) is 0 Å². The number of imidazole rings is 2. The fraction of sp³-hybridized carbons (Fsp3) is 0.143. The molecule has 0 bridgehead atoms. The topological polar surface area (TPSA) is 19.7 Å². The van der Waals surface area contributed by atoms with Gasteiger partial charge in [0.25, 0.3) is 0 Å². The predicted molar refractivity (Wildman–Crippen MR) is 71.7 cm³/mol. The summed E-state index contributed by atoms with van der Waals surface area (Å²) in [6.45, 7) is 0. The summed E-state index contributed by atoms with van der Waals surface area (Å²) < 4.78 is 8.53. The molecule has 0 aromatic heterocycles. The first-order chi connectivity index (χ1) is 8.74. The predicted octanol–water partition coefficient (Wildman–Crippen LogP) is 2.53. The SMILES string of the molecule is Cn1cc2c3ccccc3c3cn(C)[cH-]n-3n-2[cH-]1.[W+2]. The standard InChI is InChI=1S/C14H14N4.W/c1-15-7-13-11-5-3-4-6-12(11)14-8-16(2)10-18(14)17(13)9-15;/h3-10H,1-2H3;/q-2;+2. The molecule has 3 aliphatic rings. The monoisotopic (exact) mass is 422 g/mol. The molecular formula is C14H14N4W. The molecule has 5 heteroatoms. The first-order valence-electron chi connectivity index (χ1n) is 6.00. The Kier molecular flexibility index (Phi) is 2.71. The molecule has 0 spiro atoms. The summed E-state index contributed by atoms with van der Waals surface area (Å²) in [6.07, 6.45) is 8.49. The van der Waals surface area contributed by atoms with Gasteiger partial charge in [-0.1, -0.05) is 46.4 Å². The fourth-order valence-electron chi connectivity index (χ4n) is 2.70. The molecule has 3 aliphatic heterocycles. The molecule has 3 heterocycles. The van der Waals surface area contributed by atoms with E-state index in [1.165, 1.54) is 22.1 Å². The van der Waals surface area contributed by atoms with Gasteiger partial charge < -0.3 is 18.5 Å². The van der Waals surface area contributed by atoms with E-state index < -0.39 is 0 Å². The van der Waals surface area contributed by atoms with Gasteiger partial charge in [-0.05, 0) is 26.7 Å². The van der Waals surface area contributed by atoms with Crippen molar-refractivity contribution in [3.63, 3.8) is 0 Å². The zero-order valence-electron chi connectivity index (χ0n) is 10.8. The third-order valence-corrected chi connectivity index (χ3v) is 3.44. The van der Waals surface area contributed by atoms with Crippen molar-refractivity contribution < 1.29 is 21.1 Å². The Balaban J connectivity index is 0.00000110. The molecule has 0 atom stereocenters. The second-order valence-corrected chi connectivity index (χ2v) is 4.83.